The molecule has 1 aromatic heterocycles. The number of thioether (sulfide) groups is 1. The molecule has 0 aliphatic carbocycles. The summed E-state index contributed by atoms with van der Waals surface area (Å²) in [6, 6.07) is 14.4. The van der Waals surface area contributed by atoms with E-state index in [0.717, 1.165) is 12.1 Å². The van der Waals surface area contributed by atoms with E-state index in [-0.39, 0.29) is 24.1 Å². The lowest BCUT2D eigenvalue weighted by Crippen LogP contribution is -2.23. The molecule has 0 bridgehead atoms. The highest BCUT2D eigenvalue weighted by Crippen LogP contribution is 2.15. The highest BCUT2D eigenvalue weighted by atomic mass is 35.5. The van der Waals surface area contributed by atoms with Gasteiger partial charge >= 0.3 is 0 Å². The lowest BCUT2D eigenvalue weighted by atomic mass is 10.1. The number of benzene rings is 2. The van der Waals surface area contributed by atoms with E-state index in [4.69, 9.17) is 11.6 Å². The summed E-state index contributed by atoms with van der Waals surface area (Å²) < 4.78 is 0. The molecule has 2 amide bonds. The van der Waals surface area contributed by atoms with E-state index >= 15 is 0 Å². The highest BCUT2D eigenvalue weighted by molar-refractivity contribution is 7.99. The molecule has 0 saturated heterocycles. The Morgan fingerprint density at radius 1 is 1.10 bits per heavy atom. The van der Waals surface area contributed by atoms with Gasteiger partial charge in [0.1, 0.15) is 5.82 Å². The zero-order valence-electron chi connectivity index (χ0n) is 15.7. The first-order chi connectivity index (χ1) is 14.0. The van der Waals surface area contributed by atoms with Crippen LogP contribution in [-0.4, -0.2) is 32.7 Å². The minimum Gasteiger partial charge on any atom is -0.345 e. The summed E-state index contributed by atoms with van der Waals surface area (Å²) in [4.78, 5) is 28.4. The molecule has 0 unspecified atom stereocenters. The van der Waals surface area contributed by atoms with Gasteiger partial charge in [0, 0.05) is 16.3 Å². The molecule has 0 spiro atoms. The molecular weight excluding hydrogens is 410 g/mol. The molecule has 7 nitrogen and oxygen atoms in total. The Morgan fingerprint density at radius 2 is 1.83 bits per heavy atom. The predicted octanol–water partition coefficient (Wildman–Crippen LogP) is 3.68. The van der Waals surface area contributed by atoms with Crippen LogP contribution < -0.4 is 10.6 Å². The second kappa shape index (κ2) is 10.1. The Kier molecular flexibility index (Phi) is 7.26. The fourth-order valence-electron chi connectivity index (χ4n) is 2.44. The molecule has 1 heterocycles. The number of anilines is 1. The lowest BCUT2D eigenvalue weighted by Gasteiger charge is -2.05. The van der Waals surface area contributed by atoms with Crippen molar-refractivity contribution >= 4 is 40.9 Å². The van der Waals surface area contributed by atoms with E-state index in [2.05, 4.69) is 32.7 Å². The molecule has 3 rings (SSSR count). The van der Waals surface area contributed by atoms with Crippen molar-refractivity contribution < 1.29 is 9.59 Å². The number of nitrogens with one attached hydrogen (secondary N) is 3. The zero-order valence-corrected chi connectivity index (χ0v) is 17.3. The van der Waals surface area contributed by atoms with Crippen molar-refractivity contribution in [2.24, 2.45) is 0 Å². The summed E-state index contributed by atoms with van der Waals surface area (Å²) in [6.07, 6.45) is 0.956. The van der Waals surface area contributed by atoms with E-state index in [1.807, 2.05) is 24.3 Å². The first kappa shape index (κ1) is 20.9. The molecule has 150 valence electrons. The van der Waals surface area contributed by atoms with E-state index in [9.17, 15) is 9.59 Å². The molecular formula is C20H20ClN5O2S. The maximum absolute atomic E-state index is 12.1. The van der Waals surface area contributed by atoms with Gasteiger partial charge in [-0.3, -0.25) is 14.7 Å². The number of amides is 2. The number of carbonyl (C=O) groups is 2. The van der Waals surface area contributed by atoms with Gasteiger partial charge in [-0.2, -0.15) is 0 Å². The van der Waals surface area contributed by atoms with Gasteiger partial charge in [-0.1, -0.05) is 42.4 Å². The van der Waals surface area contributed by atoms with Gasteiger partial charge in [0.05, 0.1) is 12.3 Å². The van der Waals surface area contributed by atoms with Crippen LogP contribution in [0.3, 0.4) is 0 Å². The maximum Gasteiger partial charge on any atom is 0.251 e. The number of halogens is 1. The topological polar surface area (TPSA) is 99.8 Å². The first-order valence-electron chi connectivity index (χ1n) is 9.00. The summed E-state index contributed by atoms with van der Waals surface area (Å²) in [7, 11) is 0. The average Bonchev–Trinajstić information content (AvgIpc) is 3.19. The standard InChI is InChI=1S/C20H20ClN5O2S/c1-2-13-3-9-16(10-4-13)23-18(27)12-29-20-24-17(25-26-20)11-22-19(28)14-5-7-15(21)8-6-14/h3-10H,2,11-12H2,1H3,(H,22,28)(H,23,27)(H,24,25,26). The van der Waals surface area contributed by atoms with Crippen LogP contribution in [0.2, 0.25) is 5.02 Å². The van der Waals surface area contributed by atoms with Gasteiger partial charge in [-0.25, -0.2) is 4.98 Å². The van der Waals surface area contributed by atoms with Crippen molar-refractivity contribution in [1.82, 2.24) is 20.5 Å². The van der Waals surface area contributed by atoms with Crippen molar-refractivity contribution in [2.75, 3.05) is 11.1 Å². The summed E-state index contributed by atoms with van der Waals surface area (Å²) in [5, 5.41) is 13.4. The number of nitrogens with zero attached hydrogens (tertiary/aromatic N) is 2. The third-order valence-corrected chi connectivity index (χ3v) is 5.11. The van der Waals surface area contributed by atoms with Crippen LogP contribution in [0.5, 0.6) is 0 Å². The smallest absolute Gasteiger partial charge is 0.251 e. The Bertz CT molecular complexity index is 973. The van der Waals surface area contributed by atoms with Crippen LogP contribution in [0.25, 0.3) is 0 Å². The number of rotatable bonds is 8. The van der Waals surface area contributed by atoms with Crippen molar-refractivity contribution in [2.45, 2.75) is 25.0 Å². The third kappa shape index (κ3) is 6.33. The van der Waals surface area contributed by atoms with Gasteiger partial charge in [0.15, 0.2) is 0 Å². The summed E-state index contributed by atoms with van der Waals surface area (Å²) in [5.74, 6) is 0.317. The molecule has 0 aliphatic rings. The number of carbonyl (C=O) groups excluding carboxylic acids is 2. The van der Waals surface area contributed by atoms with E-state index in [1.54, 1.807) is 24.3 Å². The fourth-order valence-corrected chi connectivity index (χ4v) is 3.18. The third-order valence-electron chi connectivity index (χ3n) is 4.01. The minimum absolute atomic E-state index is 0.137. The molecule has 3 aromatic rings. The lowest BCUT2D eigenvalue weighted by molar-refractivity contribution is -0.113. The average molecular weight is 430 g/mol. The van der Waals surface area contributed by atoms with Crippen molar-refractivity contribution in [3.05, 3.63) is 70.5 Å². The number of aromatic amines is 1. The fraction of sp³-hybridized carbons (Fsp3) is 0.200. The molecule has 0 radical (unpaired) electrons. The quantitative estimate of drug-likeness (QED) is 0.474. The number of hydrogen-bond acceptors (Lipinski definition) is 5. The van der Waals surface area contributed by atoms with Crippen molar-refractivity contribution in [3.63, 3.8) is 0 Å². The Balaban J connectivity index is 1.44. The molecule has 9 heteroatoms. The first-order valence-corrected chi connectivity index (χ1v) is 10.4. The molecule has 0 aliphatic heterocycles. The second-order valence-electron chi connectivity index (χ2n) is 6.14. The number of aromatic nitrogens is 3. The largest absolute Gasteiger partial charge is 0.345 e. The number of aryl methyl sites for hydroxylation is 1. The molecule has 0 atom stereocenters. The molecule has 0 saturated carbocycles. The highest BCUT2D eigenvalue weighted by Gasteiger charge is 2.10. The SMILES string of the molecule is CCc1ccc(NC(=O)CSc2n[nH]c(CNC(=O)c3ccc(Cl)cc3)n2)cc1. The zero-order chi connectivity index (χ0) is 20.6. The van der Waals surface area contributed by atoms with Gasteiger partial charge in [0.2, 0.25) is 11.1 Å². The van der Waals surface area contributed by atoms with Gasteiger partial charge in [-0.05, 0) is 48.4 Å². The molecule has 29 heavy (non-hydrogen) atoms. The number of hydrogen-bond donors (Lipinski definition) is 3. The summed E-state index contributed by atoms with van der Waals surface area (Å²) >= 11 is 7.03. The summed E-state index contributed by atoms with van der Waals surface area (Å²) in [5.41, 5.74) is 2.48. The molecule has 0 fully saturated rings. The van der Waals surface area contributed by atoms with Crippen LogP contribution in [-0.2, 0) is 17.8 Å². The number of H-pyrrole nitrogens is 1. The van der Waals surface area contributed by atoms with Crippen LogP contribution in [0, 0.1) is 0 Å². The minimum atomic E-state index is -0.235. The monoisotopic (exact) mass is 429 g/mol. The van der Waals surface area contributed by atoms with Crippen LogP contribution in [0.15, 0.2) is 53.7 Å². The van der Waals surface area contributed by atoms with Crippen molar-refractivity contribution in [3.8, 4) is 0 Å². The van der Waals surface area contributed by atoms with Gasteiger partial charge in [-0.15, -0.1) is 5.10 Å². The van der Waals surface area contributed by atoms with E-state index in [1.165, 1.54) is 17.3 Å². The van der Waals surface area contributed by atoms with Crippen molar-refractivity contribution in [1.29, 1.82) is 0 Å². The normalized spacial score (nSPS) is 10.6. The van der Waals surface area contributed by atoms with Crippen LogP contribution in [0.1, 0.15) is 28.7 Å². The van der Waals surface area contributed by atoms with E-state index in [0.29, 0.717) is 21.6 Å². The van der Waals surface area contributed by atoms with Crippen LogP contribution in [0.4, 0.5) is 5.69 Å². The summed E-state index contributed by atoms with van der Waals surface area (Å²) in [6.45, 7) is 2.28. The Labute approximate surface area is 177 Å². The van der Waals surface area contributed by atoms with Crippen LogP contribution >= 0.6 is 23.4 Å². The van der Waals surface area contributed by atoms with Gasteiger partial charge in [0.25, 0.3) is 5.91 Å². The Hall–Kier alpha value is -2.84. The Morgan fingerprint density at radius 3 is 2.52 bits per heavy atom. The van der Waals surface area contributed by atoms with E-state index < -0.39 is 0 Å². The predicted molar refractivity (Wildman–Crippen MR) is 114 cm³/mol. The van der Waals surface area contributed by atoms with Gasteiger partial charge < -0.3 is 10.6 Å². The molecule has 3 N–H and O–H groups in total. The second-order valence-corrected chi connectivity index (χ2v) is 7.52. The molecule has 2 aromatic carbocycles. The maximum atomic E-state index is 12.1.